The normalized spacial score (nSPS) is 25.4. The van der Waals surface area contributed by atoms with E-state index in [1.807, 2.05) is 11.0 Å². The lowest BCUT2D eigenvalue weighted by atomic mass is 9.99. The predicted octanol–water partition coefficient (Wildman–Crippen LogP) is 4.13. The summed E-state index contributed by atoms with van der Waals surface area (Å²) < 4.78 is 14.1. The Bertz CT molecular complexity index is 712. The molecule has 0 spiro atoms. The number of halogens is 2. The number of carbonyl (C=O) groups is 1. The van der Waals surface area contributed by atoms with Crippen molar-refractivity contribution in [2.24, 2.45) is 0 Å². The topological polar surface area (TPSA) is 38.8 Å². The Hall–Kier alpha value is -1.37. The van der Waals surface area contributed by atoms with Crippen LogP contribution >= 0.6 is 11.6 Å². The van der Waals surface area contributed by atoms with Gasteiger partial charge in [-0.1, -0.05) is 31.5 Å². The summed E-state index contributed by atoms with van der Waals surface area (Å²) in [4.78, 5) is 19.7. The van der Waals surface area contributed by atoms with Crippen molar-refractivity contribution in [3.8, 4) is 0 Å². The van der Waals surface area contributed by atoms with Gasteiger partial charge >= 0.3 is 6.03 Å². The molecule has 0 radical (unpaired) electrons. The van der Waals surface area contributed by atoms with E-state index in [2.05, 4.69) is 42.8 Å². The van der Waals surface area contributed by atoms with Gasteiger partial charge in [-0.05, 0) is 57.5 Å². The number of likely N-dealkylation sites (tertiary alicyclic amines) is 2. The summed E-state index contributed by atoms with van der Waals surface area (Å²) in [5.74, 6) is -0.411. The summed E-state index contributed by atoms with van der Waals surface area (Å²) >= 11 is 5.89. The van der Waals surface area contributed by atoms with E-state index < -0.39 is 5.82 Å². The van der Waals surface area contributed by atoms with E-state index in [0.29, 0.717) is 12.1 Å². The molecule has 1 aromatic carbocycles. The Balaban J connectivity index is 1.71. The molecule has 0 aliphatic carbocycles. The maximum atomic E-state index is 14.1. The highest BCUT2D eigenvalue weighted by molar-refractivity contribution is 6.30. The number of hydrogen-bond donors (Lipinski definition) is 1. The third kappa shape index (κ3) is 4.86. The largest absolute Gasteiger partial charge is 0.333 e. The molecule has 29 heavy (non-hydrogen) atoms. The van der Waals surface area contributed by atoms with Crippen LogP contribution in [-0.4, -0.2) is 71.6 Å². The van der Waals surface area contributed by atoms with Gasteiger partial charge in [-0.25, -0.2) is 9.18 Å². The van der Waals surface area contributed by atoms with Crippen LogP contribution in [0, 0.1) is 5.82 Å². The summed E-state index contributed by atoms with van der Waals surface area (Å²) in [7, 11) is 0. The molecule has 0 saturated carbocycles. The second kappa shape index (κ2) is 9.63. The second-order valence-corrected chi connectivity index (χ2v) is 8.81. The number of rotatable bonds is 6. The second-order valence-electron chi connectivity index (χ2n) is 8.40. The average molecular weight is 425 g/mol. The van der Waals surface area contributed by atoms with Gasteiger partial charge in [-0.2, -0.15) is 0 Å². The van der Waals surface area contributed by atoms with Gasteiger partial charge in [0, 0.05) is 31.7 Å². The van der Waals surface area contributed by atoms with E-state index in [4.69, 9.17) is 11.6 Å². The number of carbonyl (C=O) groups excluding carboxylic acids is 1. The monoisotopic (exact) mass is 424 g/mol. The van der Waals surface area contributed by atoms with Crippen LogP contribution in [0.3, 0.4) is 0 Å². The maximum absolute atomic E-state index is 14.1. The zero-order chi connectivity index (χ0) is 21.1. The first kappa shape index (κ1) is 22.3. The third-order valence-corrected chi connectivity index (χ3v) is 6.78. The van der Waals surface area contributed by atoms with Crippen molar-refractivity contribution in [1.82, 2.24) is 20.0 Å². The number of nitrogens with one attached hydrogen (secondary N) is 1. The fraction of sp³-hybridized carbons (Fsp3) is 0.682. The molecule has 2 amide bonds. The molecule has 162 valence electrons. The third-order valence-electron chi connectivity index (χ3n) is 6.47. The first-order chi connectivity index (χ1) is 13.8. The molecule has 1 unspecified atom stereocenters. The van der Waals surface area contributed by atoms with Crippen LogP contribution in [0.4, 0.5) is 9.18 Å². The van der Waals surface area contributed by atoms with Gasteiger partial charge in [0.2, 0.25) is 0 Å². The minimum Gasteiger partial charge on any atom is -0.333 e. The van der Waals surface area contributed by atoms with E-state index in [1.54, 1.807) is 6.07 Å². The minimum absolute atomic E-state index is 0.00491. The Labute approximate surface area is 179 Å². The summed E-state index contributed by atoms with van der Waals surface area (Å²) in [6.07, 6.45) is 1.87. The van der Waals surface area contributed by atoms with Gasteiger partial charge in [0.25, 0.3) is 0 Å². The molecule has 1 N–H and O–H groups in total. The Kier molecular flexibility index (Phi) is 7.41. The van der Waals surface area contributed by atoms with Gasteiger partial charge in [-0.3, -0.25) is 9.80 Å². The van der Waals surface area contributed by atoms with E-state index in [9.17, 15) is 9.18 Å². The van der Waals surface area contributed by atoms with Crippen LogP contribution in [-0.2, 0) is 0 Å². The van der Waals surface area contributed by atoms with Crippen LogP contribution in [0.5, 0.6) is 0 Å². The van der Waals surface area contributed by atoms with Crippen molar-refractivity contribution >= 4 is 17.6 Å². The summed E-state index contributed by atoms with van der Waals surface area (Å²) in [5, 5.41) is 3.38. The SMILES string of the molecule is CCN(CC)C1CCN(C(=O)N[C@@H]2CCN(C(C)C)[C@H]2c2ccc(Cl)c(F)c2)C1. The number of hydrogen-bond acceptors (Lipinski definition) is 3. The Morgan fingerprint density at radius 1 is 1.28 bits per heavy atom. The zero-order valence-corrected chi connectivity index (χ0v) is 18.8. The summed E-state index contributed by atoms with van der Waals surface area (Å²) in [6, 6.07) is 5.64. The first-order valence-corrected chi connectivity index (χ1v) is 11.2. The lowest BCUT2D eigenvalue weighted by Crippen LogP contribution is -2.47. The van der Waals surface area contributed by atoms with Crippen LogP contribution in [0.2, 0.25) is 5.02 Å². The molecule has 2 aliphatic rings. The van der Waals surface area contributed by atoms with Crippen LogP contribution in [0.15, 0.2) is 18.2 Å². The highest BCUT2D eigenvalue weighted by atomic mass is 35.5. The molecule has 7 heteroatoms. The van der Waals surface area contributed by atoms with Crippen LogP contribution < -0.4 is 5.32 Å². The van der Waals surface area contributed by atoms with Gasteiger partial charge in [0.1, 0.15) is 5.82 Å². The van der Waals surface area contributed by atoms with Crippen molar-refractivity contribution in [3.63, 3.8) is 0 Å². The Morgan fingerprint density at radius 3 is 2.62 bits per heavy atom. The van der Waals surface area contributed by atoms with Crippen molar-refractivity contribution in [2.75, 3.05) is 32.7 Å². The van der Waals surface area contributed by atoms with Gasteiger partial charge in [0.05, 0.1) is 17.1 Å². The van der Waals surface area contributed by atoms with E-state index in [1.165, 1.54) is 6.07 Å². The molecule has 1 aromatic rings. The lowest BCUT2D eigenvalue weighted by Gasteiger charge is -2.33. The van der Waals surface area contributed by atoms with Crippen LogP contribution in [0.1, 0.15) is 52.1 Å². The number of urea groups is 1. The molecule has 3 rings (SSSR count). The van der Waals surface area contributed by atoms with E-state index >= 15 is 0 Å². The smallest absolute Gasteiger partial charge is 0.317 e. The molecule has 3 atom stereocenters. The molecule has 5 nitrogen and oxygen atoms in total. The van der Waals surface area contributed by atoms with Crippen LogP contribution in [0.25, 0.3) is 0 Å². The lowest BCUT2D eigenvalue weighted by molar-refractivity contribution is 0.173. The van der Waals surface area contributed by atoms with Gasteiger partial charge in [-0.15, -0.1) is 0 Å². The van der Waals surface area contributed by atoms with E-state index in [-0.39, 0.29) is 23.1 Å². The minimum atomic E-state index is -0.411. The molecule has 2 saturated heterocycles. The molecule has 2 aliphatic heterocycles. The molecule has 2 heterocycles. The quantitative estimate of drug-likeness (QED) is 0.746. The summed E-state index contributed by atoms with van der Waals surface area (Å²) in [6.45, 7) is 13.1. The summed E-state index contributed by atoms with van der Waals surface area (Å²) in [5.41, 5.74) is 0.867. The number of likely N-dealkylation sites (N-methyl/N-ethyl adjacent to an activating group) is 1. The molecular formula is C22H34ClFN4O. The number of nitrogens with zero attached hydrogens (tertiary/aromatic N) is 3. The average Bonchev–Trinajstić information content (AvgIpc) is 3.33. The molecule has 0 bridgehead atoms. The zero-order valence-electron chi connectivity index (χ0n) is 18.0. The number of amides is 2. The highest BCUT2D eigenvalue weighted by Crippen LogP contribution is 2.35. The van der Waals surface area contributed by atoms with Gasteiger partial charge in [0.15, 0.2) is 0 Å². The predicted molar refractivity (Wildman–Crippen MR) is 116 cm³/mol. The standard InChI is InChI=1S/C22H34ClFN4O/c1-5-26(6-2)17-9-11-27(14-17)22(29)25-20-10-12-28(15(3)4)21(20)16-7-8-18(23)19(24)13-16/h7-8,13,15,17,20-21H,5-6,9-12,14H2,1-4H3,(H,25,29)/t17?,20-,21+/m1/s1. The fourth-order valence-corrected chi connectivity index (χ4v) is 5.00. The van der Waals surface area contributed by atoms with Gasteiger partial charge < -0.3 is 10.2 Å². The van der Waals surface area contributed by atoms with Crippen molar-refractivity contribution < 1.29 is 9.18 Å². The van der Waals surface area contributed by atoms with Crippen molar-refractivity contribution in [1.29, 1.82) is 0 Å². The highest BCUT2D eigenvalue weighted by Gasteiger charge is 2.39. The maximum Gasteiger partial charge on any atom is 0.317 e. The van der Waals surface area contributed by atoms with Crippen molar-refractivity contribution in [2.45, 2.75) is 64.7 Å². The number of benzene rings is 1. The molecular weight excluding hydrogens is 391 g/mol. The molecule has 2 fully saturated rings. The Morgan fingerprint density at radius 2 is 2.00 bits per heavy atom. The molecule has 0 aromatic heterocycles. The first-order valence-electron chi connectivity index (χ1n) is 10.9. The van der Waals surface area contributed by atoms with E-state index in [0.717, 1.165) is 51.1 Å². The fourth-order valence-electron chi connectivity index (χ4n) is 4.88. The van der Waals surface area contributed by atoms with Crippen molar-refractivity contribution in [3.05, 3.63) is 34.6 Å².